The Morgan fingerprint density at radius 3 is 2.34 bits per heavy atom. The van der Waals surface area contributed by atoms with Crippen molar-refractivity contribution in [2.75, 3.05) is 19.7 Å². The van der Waals surface area contributed by atoms with Crippen LogP contribution < -0.4 is 4.74 Å². The van der Waals surface area contributed by atoms with Crippen LogP contribution in [0.3, 0.4) is 0 Å². The summed E-state index contributed by atoms with van der Waals surface area (Å²) in [7, 11) is 0. The molecule has 3 heterocycles. The molecule has 4 rings (SSSR count). The summed E-state index contributed by atoms with van der Waals surface area (Å²) in [5.41, 5.74) is 2.44. The second-order valence-electron chi connectivity index (χ2n) is 8.96. The average molecular weight is 434 g/mol. The minimum Gasteiger partial charge on any atom is -0.494 e. The molecule has 1 aromatic heterocycles. The van der Waals surface area contributed by atoms with Crippen LogP contribution in [0, 0.1) is 11.8 Å². The van der Waals surface area contributed by atoms with Crippen LogP contribution in [-0.4, -0.2) is 46.3 Å². The SMILES string of the molecule is CCCOc1ccc(C2=C(N3CC(C)CC(C)C3)C(=O)N(Cc3ccccn3)C2=O)cc1. The van der Waals surface area contributed by atoms with Crippen LogP contribution in [-0.2, 0) is 16.1 Å². The summed E-state index contributed by atoms with van der Waals surface area (Å²) in [4.78, 5) is 34.9. The summed E-state index contributed by atoms with van der Waals surface area (Å²) < 4.78 is 5.70. The monoisotopic (exact) mass is 433 g/mol. The van der Waals surface area contributed by atoms with Crippen molar-refractivity contribution in [2.24, 2.45) is 11.8 Å². The molecule has 0 N–H and O–H groups in total. The van der Waals surface area contributed by atoms with Gasteiger partial charge in [0.25, 0.3) is 11.8 Å². The van der Waals surface area contributed by atoms with E-state index >= 15 is 0 Å². The van der Waals surface area contributed by atoms with Gasteiger partial charge in [-0.2, -0.15) is 0 Å². The lowest BCUT2D eigenvalue weighted by molar-refractivity contribution is -0.138. The molecular weight excluding hydrogens is 402 g/mol. The van der Waals surface area contributed by atoms with Gasteiger partial charge in [0.15, 0.2) is 0 Å². The average Bonchev–Trinajstić information content (AvgIpc) is 3.03. The molecule has 1 aromatic carbocycles. The first kappa shape index (κ1) is 22.1. The molecule has 168 valence electrons. The molecule has 2 amide bonds. The van der Waals surface area contributed by atoms with E-state index in [-0.39, 0.29) is 18.4 Å². The minimum absolute atomic E-state index is 0.169. The molecule has 1 saturated heterocycles. The maximum absolute atomic E-state index is 13.6. The summed E-state index contributed by atoms with van der Waals surface area (Å²) >= 11 is 0. The van der Waals surface area contributed by atoms with Crippen LogP contribution in [0.25, 0.3) is 5.57 Å². The Kier molecular flexibility index (Phi) is 6.58. The Labute approximate surface area is 189 Å². The first-order valence-electron chi connectivity index (χ1n) is 11.5. The third kappa shape index (κ3) is 4.54. The molecule has 2 aliphatic rings. The Morgan fingerprint density at radius 1 is 1.00 bits per heavy atom. The number of rotatable bonds is 7. The van der Waals surface area contributed by atoms with Crippen LogP contribution in [0.5, 0.6) is 5.75 Å². The molecule has 32 heavy (non-hydrogen) atoms. The maximum Gasteiger partial charge on any atom is 0.278 e. The van der Waals surface area contributed by atoms with E-state index in [9.17, 15) is 9.59 Å². The second-order valence-corrected chi connectivity index (χ2v) is 8.96. The van der Waals surface area contributed by atoms with Gasteiger partial charge in [-0.15, -0.1) is 0 Å². The van der Waals surface area contributed by atoms with Crippen molar-refractivity contribution in [1.82, 2.24) is 14.8 Å². The van der Waals surface area contributed by atoms with E-state index in [1.165, 1.54) is 4.90 Å². The first-order chi connectivity index (χ1) is 15.5. The molecule has 6 nitrogen and oxygen atoms in total. The van der Waals surface area contributed by atoms with Gasteiger partial charge in [-0.1, -0.05) is 39.0 Å². The number of likely N-dealkylation sites (tertiary alicyclic amines) is 1. The molecule has 2 atom stereocenters. The number of hydrogen-bond donors (Lipinski definition) is 0. The van der Waals surface area contributed by atoms with Gasteiger partial charge < -0.3 is 9.64 Å². The molecule has 6 heteroatoms. The molecule has 2 unspecified atom stereocenters. The van der Waals surface area contributed by atoms with Gasteiger partial charge in [0.05, 0.1) is 24.4 Å². The van der Waals surface area contributed by atoms with Crippen molar-refractivity contribution >= 4 is 17.4 Å². The third-order valence-electron chi connectivity index (χ3n) is 5.99. The van der Waals surface area contributed by atoms with Crippen LogP contribution in [0.4, 0.5) is 0 Å². The van der Waals surface area contributed by atoms with Gasteiger partial charge in [0.2, 0.25) is 0 Å². The molecule has 0 radical (unpaired) electrons. The van der Waals surface area contributed by atoms with Crippen LogP contribution >= 0.6 is 0 Å². The highest BCUT2D eigenvalue weighted by atomic mass is 16.5. The van der Waals surface area contributed by atoms with Crippen LogP contribution in [0.15, 0.2) is 54.4 Å². The lowest BCUT2D eigenvalue weighted by Gasteiger charge is -2.37. The van der Waals surface area contributed by atoms with Crippen molar-refractivity contribution < 1.29 is 14.3 Å². The highest BCUT2D eigenvalue weighted by Crippen LogP contribution is 2.36. The summed E-state index contributed by atoms with van der Waals surface area (Å²) in [5, 5.41) is 0. The number of aromatic nitrogens is 1. The predicted octanol–water partition coefficient (Wildman–Crippen LogP) is 4.13. The van der Waals surface area contributed by atoms with E-state index in [0.29, 0.717) is 35.4 Å². The normalized spacial score (nSPS) is 21.5. The number of imide groups is 1. The zero-order chi connectivity index (χ0) is 22.7. The van der Waals surface area contributed by atoms with Gasteiger partial charge in [-0.3, -0.25) is 19.5 Å². The maximum atomic E-state index is 13.6. The number of piperidine rings is 1. The summed E-state index contributed by atoms with van der Waals surface area (Å²) in [6, 6.07) is 13.0. The second kappa shape index (κ2) is 9.55. The number of amides is 2. The van der Waals surface area contributed by atoms with Gasteiger partial charge in [0, 0.05) is 19.3 Å². The van der Waals surface area contributed by atoms with Crippen LogP contribution in [0.2, 0.25) is 0 Å². The number of nitrogens with zero attached hydrogens (tertiary/aromatic N) is 3. The molecule has 0 saturated carbocycles. The molecule has 0 spiro atoms. The molecule has 0 aliphatic carbocycles. The molecule has 2 aromatic rings. The van der Waals surface area contributed by atoms with Crippen molar-refractivity contribution in [3.05, 3.63) is 65.6 Å². The number of carbonyl (C=O) groups excluding carboxylic acids is 2. The van der Waals surface area contributed by atoms with E-state index in [2.05, 4.69) is 30.7 Å². The number of hydrogen-bond acceptors (Lipinski definition) is 5. The number of ether oxygens (including phenoxy) is 1. The lowest BCUT2D eigenvalue weighted by atomic mass is 9.91. The topological polar surface area (TPSA) is 62.7 Å². The Morgan fingerprint density at radius 2 is 1.72 bits per heavy atom. The smallest absolute Gasteiger partial charge is 0.278 e. The molecule has 0 bridgehead atoms. The minimum atomic E-state index is -0.260. The van der Waals surface area contributed by atoms with Gasteiger partial charge >= 0.3 is 0 Å². The number of carbonyl (C=O) groups is 2. The summed E-state index contributed by atoms with van der Waals surface area (Å²) in [6.45, 7) is 8.83. The number of pyridine rings is 1. The summed E-state index contributed by atoms with van der Waals surface area (Å²) in [6.07, 6.45) is 3.73. The number of benzene rings is 1. The van der Waals surface area contributed by atoms with Crippen molar-refractivity contribution in [1.29, 1.82) is 0 Å². The third-order valence-corrected chi connectivity index (χ3v) is 5.99. The van der Waals surface area contributed by atoms with Crippen molar-refractivity contribution in [3.8, 4) is 5.75 Å². The van der Waals surface area contributed by atoms with Gasteiger partial charge in [-0.05, 0) is 54.5 Å². The lowest BCUT2D eigenvalue weighted by Crippen LogP contribution is -2.41. The van der Waals surface area contributed by atoms with E-state index < -0.39 is 0 Å². The fourth-order valence-corrected chi connectivity index (χ4v) is 4.70. The molecular formula is C26H31N3O3. The predicted molar refractivity (Wildman–Crippen MR) is 123 cm³/mol. The van der Waals surface area contributed by atoms with Crippen LogP contribution in [0.1, 0.15) is 44.9 Å². The van der Waals surface area contributed by atoms with Crippen molar-refractivity contribution in [3.63, 3.8) is 0 Å². The van der Waals surface area contributed by atoms with Gasteiger partial charge in [-0.25, -0.2) is 0 Å². The van der Waals surface area contributed by atoms with E-state index in [1.807, 2.05) is 42.5 Å². The highest BCUT2D eigenvalue weighted by Gasteiger charge is 2.43. The van der Waals surface area contributed by atoms with Crippen molar-refractivity contribution in [2.45, 2.75) is 40.2 Å². The Hall–Kier alpha value is -3.15. The quantitative estimate of drug-likeness (QED) is 0.615. The molecule has 2 aliphatic heterocycles. The van der Waals surface area contributed by atoms with E-state index in [4.69, 9.17) is 4.74 Å². The largest absolute Gasteiger partial charge is 0.494 e. The zero-order valence-electron chi connectivity index (χ0n) is 19.1. The van der Waals surface area contributed by atoms with Gasteiger partial charge in [0.1, 0.15) is 11.4 Å². The fourth-order valence-electron chi connectivity index (χ4n) is 4.70. The first-order valence-corrected chi connectivity index (χ1v) is 11.5. The zero-order valence-corrected chi connectivity index (χ0v) is 19.1. The fraction of sp³-hybridized carbons (Fsp3) is 0.423. The standard InChI is InChI=1S/C26H31N3O3/c1-4-13-32-22-10-8-20(9-11-22)23-24(28-15-18(2)14-19(3)16-28)26(31)29(25(23)30)17-21-7-5-6-12-27-21/h5-12,18-19H,4,13-17H2,1-3H3. The Bertz CT molecular complexity index is 991. The summed E-state index contributed by atoms with van der Waals surface area (Å²) in [5.74, 6) is 1.20. The highest BCUT2D eigenvalue weighted by molar-refractivity contribution is 6.35. The van der Waals surface area contributed by atoms with E-state index in [0.717, 1.165) is 37.2 Å². The Balaban J connectivity index is 1.70. The molecule has 1 fully saturated rings. The van der Waals surface area contributed by atoms with E-state index in [1.54, 1.807) is 6.20 Å².